The third kappa shape index (κ3) is 4.01. The van der Waals surface area contributed by atoms with Crippen LogP contribution in [0.5, 0.6) is 5.75 Å². The van der Waals surface area contributed by atoms with Crippen molar-refractivity contribution >= 4 is 31.6 Å². The van der Waals surface area contributed by atoms with Crippen molar-refractivity contribution in [2.24, 2.45) is 0 Å². The molecule has 0 amide bonds. The maximum Gasteiger partial charge on any atom is 0.339 e. The van der Waals surface area contributed by atoms with Gasteiger partial charge in [0.05, 0.1) is 9.92 Å². The van der Waals surface area contributed by atoms with Crippen molar-refractivity contribution in [1.82, 2.24) is 0 Å². The van der Waals surface area contributed by atoms with Crippen molar-refractivity contribution in [2.75, 3.05) is 6.26 Å². The predicted octanol–water partition coefficient (Wildman–Crippen LogP) is 2.96. The highest BCUT2D eigenvalue weighted by Crippen LogP contribution is 2.29. The highest BCUT2D eigenvalue weighted by Gasteiger charge is 2.23. The van der Waals surface area contributed by atoms with Gasteiger partial charge >= 0.3 is 10.1 Å². The molecule has 5 nitrogen and oxygen atoms in total. The van der Waals surface area contributed by atoms with Crippen LogP contribution in [-0.4, -0.2) is 23.1 Å². The normalized spacial score (nSPS) is 12.2. The Kier molecular flexibility index (Phi) is 4.70. The molecule has 0 N–H and O–H groups in total. The molecule has 23 heavy (non-hydrogen) atoms. The van der Waals surface area contributed by atoms with Gasteiger partial charge < -0.3 is 4.18 Å². The maximum absolute atomic E-state index is 13.0. The Balaban J connectivity index is 2.51. The molecule has 0 unspecified atom stereocenters. The molecular formula is C14H12ClFO5S2. The molecule has 2 aromatic carbocycles. The van der Waals surface area contributed by atoms with Crippen LogP contribution in [-0.2, 0) is 20.0 Å². The molecule has 2 rings (SSSR count). The SMILES string of the molecule is Cc1ccc(S(C)(=O)=O)cc1S(=O)(=O)Oc1ccc(F)cc1Cl. The highest BCUT2D eigenvalue weighted by molar-refractivity contribution is 7.90. The molecule has 0 spiro atoms. The van der Waals surface area contributed by atoms with Gasteiger partial charge in [-0.2, -0.15) is 8.42 Å². The number of aryl methyl sites for hydroxylation is 1. The summed E-state index contributed by atoms with van der Waals surface area (Å²) in [6.45, 7) is 1.49. The van der Waals surface area contributed by atoms with E-state index in [1.807, 2.05) is 0 Å². The third-order valence-corrected chi connectivity index (χ3v) is 5.73. The van der Waals surface area contributed by atoms with Gasteiger partial charge in [0.15, 0.2) is 15.6 Å². The lowest BCUT2D eigenvalue weighted by Crippen LogP contribution is -2.12. The lowest BCUT2D eigenvalue weighted by Gasteiger charge is -2.11. The second-order valence-electron chi connectivity index (χ2n) is 4.81. The fraction of sp³-hybridized carbons (Fsp3) is 0.143. The molecule has 0 atom stereocenters. The van der Waals surface area contributed by atoms with Crippen LogP contribution in [0.25, 0.3) is 0 Å². The van der Waals surface area contributed by atoms with Crippen LogP contribution in [0.3, 0.4) is 0 Å². The first-order valence-electron chi connectivity index (χ1n) is 6.21. The largest absolute Gasteiger partial charge is 0.377 e. The first-order chi connectivity index (χ1) is 10.5. The lowest BCUT2D eigenvalue weighted by molar-refractivity contribution is 0.484. The van der Waals surface area contributed by atoms with Crippen molar-refractivity contribution < 1.29 is 25.4 Å². The van der Waals surface area contributed by atoms with Crippen LogP contribution in [0.4, 0.5) is 4.39 Å². The Labute approximate surface area is 138 Å². The molecule has 0 saturated heterocycles. The van der Waals surface area contributed by atoms with E-state index in [9.17, 15) is 21.2 Å². The van der Waals surface area contributed by atoms with Crippen molar-refractivity contribution in [2.45, 2.75) is 16.7 Å². The first-order valence-corrected chi connectivity index (χ1v) is 9.89. The molecule has 0 radical (unpaired) electrons. The number of rotatable bonds is 4. The molecule has 0 fully saturated rings. The topological polar surface area (TPSA) is 77.5 Å². The van der Waals surface area contributed by atoms with Crippen LogP contribution < -0.4 is 4.18 Å². The standard InChI is InChI=1S/C14H12ClFO5S2/c1-9-3-5-11(22(2,17)18)8-14(9)23(19,20)21-13-6-4-10(16)7-12(13)15/h3-8H,1-2H3. The van der Waals surface area contributed by atoms with Crippen molar-refractivity contribution in [3.8, 4) is 5.75 Å². The fourth-order valence-electron chi connectivity index (χ4n) is 1.79. The van der Waals surface area contributed by atoms with Gasteiger partial charge in [0.25, 0.3) is 0 Å². The van der Waals surface area contributed by atoms with E-state index in [4.69, 9.17) is 15.8 Å². The molecule has 2 aromatic rings. The zero-order valence-corrected chi connectivity index (χ0v) is 14.5. The minimum atomic E-state index is -4.33. The van der Waals surface area contributed by atoms with Crippen LogP contribution in [0.2, 0.25) is 5.02 Å². The van der Waals surface area contributed by atoms with Gasteiger partial charge in [-0.05, 0) is 42.8 Å². The molecule has 0 aliphatic carbocycles. The van der Waals surface area contributed by atoms with E-state index < -0.39 is 25.8 Å². The quantitative estimate of drug-likeness (QED) is 0.764. The summed E-state index contributed by atoms with van der Waals surface area (Å²) in [5.74, 6) is -0.896. The molecule has 0 heterocycles. The van der Waals surface area contributed by atoms with E-state index in [-0.39, 0.29) is 20.6 Å². The summed E-state index contributed by atoms with van der Waals surface area (Å²) in [4.78, 5) is -0.462. The second-order valence-corrected chi connectivity index (χ2v) is 8.75. The summed E-state index contributed by atoms with van der Waals surface area (Å²) in [6.07, 6.45) is 0.964. The lowest BCUT2D eigenvalue weighted by atomic mass is 10.2. The Morgan fingerprint density at radius 2 is 1.70 bits per heavy atom. The Bertz CT molecular complexity index is 969. The van der Waals surface area contributed by atoms with Gasteiger partial charge in [-0.15, -0.1) is 0 Å². The molecule has 0 aliphatic rings. The van der Waals surface area contributed by atoms with Crippen molar-refractivity contribution in [3.05, 3.63) is 52.8 Å². The van der Waals surface area contributed by atoms with E-state index in [0.29, 0.717) is 5.56 Å². The van der Waals surface area contributed by atoms with Crippen LogP contribution in [0.15, 0.2) is 46.2 Å². The maximum atomic E-state index is 13.0. The highest BCUT2D eigenvalue weighted by atomic mass is 35.5. The fourth-order valence-corrected chi connectivity index (χ4v) is 3.96. The Morgan fingerprint density at radius 3 is 2.26 bits per heavy atom. The van der Waals surface area contributed by atoms with Crippen LogP contribution >= 0.6 is 11.6 Å². The summed E-state index contributed by atoms with van der Waals surface area (Å²) in [5, 5.41) is -0.217. The first kappa shape index (κ1) is 17.7. The van der Waals surface area contributed by atoms with Crippen molar-refractivity contribution in [3.63, 3.8) is 0 Å². The van der Waals surface area contributed by atoms with Gasteiger partial charge in [0.1, 0.15) is 10.7 Å². The van der Waals surface area contributed by atoms with Gasteiger partial charge in [-0.3, -0.25) is 0 Å². The monoisotopic (exact) mass is 378 g/mol. The summed E-state index contributed by atoms with van der Waals surface area (Å²) in [7, 11) is -7.92. The minimum Gasteiger partial charge on any atom is -0.377 e. The van der Waals surface area contributed by atoms with E-state index in [1.54, 1.807) is 0 Å². The number of hydrogen-bond donors (Lipinski definition) is 0. The zero-order chi connectivity index (χ0) is 17.4. The second kappa shape index (κ2) is 6.10. The molecular weight excluding hydrogens is 367 g/mol. The average molecular weight is 379 g/mol. The van der Waals surface area contributed by atoms with Crippen LogP contribution in [0, 0.1) is 12.7 Å². The summed E-state index contributed by atoms with van der Waals surface area (Å²) < 4.78 is 65.8. The Morgan fingerprint density at radius 1 is 1.04 bits per heavy atom. The summed E-state index contributed by atoms with van der Waals surface area (Å²) in [5.41, 5.74) is 0.302. The number of benzene rings is 2. The minimum absolute atomic E-state index is 0.157. The average Bonchev–Trinajstić information content (AvgIpc) is 2.41. The molecule has 0 aromatic heterocycles. The van der Waals surface area contributed by atoms with Gasteiger partial charge in [-0.1, -0.05) is 17.7 Å². The summed E-state index contributed by atoms with van der Waals surface area (Å²) in [6, 6.07) is 6.65. The van der Waals surface area contributed by atoms with E-state index in [2.05, 4.69) is 0 Å². The summed E-state index contributed by atoms with van der Waals surface area (Å²) >= 11 is 5.74. The molecule has 9 heteroatoms. The number of hydrogen-bond acceptors (Lipinski definition) is 5. The predicted molar refractivity (Wildman–Crippen MR) is 83.5 cm³/mol. The molecule has 0 saturated carbocycles. The van der Waals surface area contributed by atoms with Crippen LogP contribution in [0.1, 0.15) is 5.56 Å². The van der Waals surface area contributed by atoms with E-state index >= 15 is 0 Å². The van der Waals surface area contributed by atoms with Gasteiger partial charge in [-0.25, -0.2) is 12.8 Å². The van der Waals surface area contributed by atoms with Gasteiger partial charge in [0.2, 0.25) is 0 Å². The zero-order valence-electron chi connectivity index (χ0n) is 12.1. The number of sulfone groups is 1. The van der Waals surface area contributed by atoms with Gasteiger partial charge in [0, 0.05) is 6.26 Å². The molecule has 124 valence electrons. The molecule has 0 aliphatic heterocycles. The Hall–Kier alpha value is -1.64. The number of halogens is 2. The third-order valence-electron chi connectivity index (χ3n) is 2.95. The van der Waals surface area contributed by atoms with E-state index in [0.717, 1.165) is 30.5 Å². The van der Waals surface area contributed by atoms with Crippen molar-refractivity contribution in [1.29, 1.82) is 0 Å². The smallest absolute Gasteiger partial charge is 0.339 e. The van der Waals surface area contributed by atoms with E-state index in [1.165, 1.54) is 19.1 Å². The molecule has 0 bridgehead atoms.